The predicted octanol–water partition coefficient (Wildman–Crippen LogP) is 2.68. The maximum atomic E-state index is 14.1. The van der Waals surface area contributed by atoms with Gasteiger partial charge in [0.15, 0.2) is 5.84 Å². The molecule has 0 saturated heterocycles. The van der Waals surface area contributed by atoms with Gasteiger partial charge in [0, 0.05) is 23.7 Å². The molecule has 1 aliphatic rings. The van der Waals surface area contributed by atoms with Gasteiger partial charge in [-0.25, -0.2) is 4.39 Å². The van der Waals surface area contributed by atoms with Gasteiger partial charge in [-0.2, -0.15) is 0 Å². The third kappa shape index (κ3) is 3.70. The molecule has 1 aliphatic carbocycles. The minimum absolute atomic E-state index is 0.0690. The van der Waals surface area contributed by atoms with E-state index in [-0.39, 0.29) is 11.7 Å². The lowest BCUT2D eigenvalue weighted by Gasteiger charge is -2.22. The fourth-order valence-electron chi connectivity index (χ4n) is 2.30. The van der Waals surface area contributed by atoms with Gasteiger partial charge in [0.25, 0.3) is 0 Å². The summed E-state index contributed by atoms with van der Waals surface area (Å²) in [5.74, 6) is -0.364. The summed E-state index contributed by atoms with van der Waals surface area (Å²) >= 11 is 0. The molecule has 0 amide bonds. The molecule has 0 atom stereocenters. The second kappa shape index (κ2) is 6.70. The van der Waals surface area contributed by atoms with Crippen LogP contribution >= 0.6 is 0 Å². The molecule has 110 valence electrons. The Kier molecular flexibility index (Phi) is 4.95. The van der Waals surface area contributed by atoms with Crippen molar-refractivity contribution >= 4 is 5.84 Å². The number of benzene rings is 1. The first-order valence-corrected chi connectivity index (χ1v) is 7.16. The number of halogens is 1. The maximum absolute atomic E-state index is 14.1. The molecular formula is C15H22FN3O. The van der Waals surface area contributed by atoms with E-state index in [1.54, 1.807) is 12.1 Å². The van der Waals surface area contributed by atoms with E-state index in [4.69, 9.17) is 10.9 Å². The Morgan fingerprint density at radius 2 is 2.25 bits per heavy atom. The molecular weight excluding hydrogens is 257 g/mol. The van der Waals surface area contributed by atoms with Gasteiger partial charge in [-0.15, -0.1) is 0 Å². The Morgan fingerprint density at radius 3 is 2.80 bits per heavy atom. The van der Waals surface area contributed by atoms with Gasteiger partial charge in [0.1, 0.15) is 5.82 Å². The molecule has 1 saturated carbocycles. The second-order valence-corrected chi connectivity index (χ2v) is 5.35. The third-order valence-electron chi connectivity index (χ3n) is 3.69. The van der Waals surface area contributed by atoms with Crippen molar-refractivity contribution in [2.75, 3.05) is 6.54 Å². The maximum Gasteiger partial charge on any atom is 0.170 e. The molecule has 0 spiro atoms. The minimum Gasteiger partial charge on any atom is -0.409 e. The van der Waals surface area contributed by atoms with Crippen LogP contribution in [0.4, 0.5) is 4.39 Å². The van der Waals surface area contributed by atoms with E-state index < -0.39 is 0 Å². The van der Waals surface area contributed by atoms with Crippen molar-refractivity contribution in [3.8, 4) is 0 Å². The van der Waals surface area contributed by atoms with Crippen LogP contribution in [0.5, 0.6) is 0 Å². The smallest absolute Gasteiger partial charge is 0.170 e. The minimum atomic E-state index is -0.295. The normalized spacial score (nSPS) is 15.8. The summed E-state index contributed by atoms with van der Waals surface area (Å²) in [6, 6.07) is 5.36. The van der Waals surface area contributed by atoms with Crippen molar-refractivity contribution in [2.24, 2.45) is 10.9 Å². The monoisotopic (exact) mass is 279 g/mol. The molecule has 3 N–H and O–H groups in total. The summed E-state index contributed by atoms with van der Waals surface area (Å²) in [6.45, 7) is 3.81. The van der Waals surface area contributed by atoms with E-state index in [0.29, 0.717) is 23.7 Å². The molecule has 0 heterocycles. The van der Waals surface area contributed by atoms with E-state index in [0.717, 1.165) is 19.4 Å². The fourth-order valence-corrected chi connectivity index (χ4v) is 2.30. The summed E-state index contributed by atoms with van der Waals surface area (Å²) in [5, 5.41) is 11.5. The molecule has 0 bridgehead atoms. The number of nitrogens with zero attached hydrogens (tertiary/aromatic N) is 2. The fraction of sp³-hybridized carbons (Fsp3) is 0.533. The number of nitrogens with two attached hydrogens (primary N) is 1. The SMILES string of the molecule is CCCCN(Cc1ccc(C(N)=NO)cc1F)C1CC1. The van der Waals surface area contributed by atoms with Crippen LogP contribution in [-0.2, 0) is 6.54 Å². The van der Waals surface area contributed by atoms with Gasteiger partial charge in [0.05, 0.1) is 0 Å². The van der Waals surface area contributed by atoms with Gasteiger partial charge >= 0.3 is 0 Å². The summed E-state index contributed by atoms with van der Waals surface area (Å²) in [6.07, 6.45) is 4.72. The zero-order valence-electron chi connectivity index (χ0n) is 11.8. The number of rotatable bonds is 7. The molecule has 0 unspecified atom stereocenters. The van der Waals surface area contributed by atoms with Crippen molar-refractivity contribution in [3.63, 3.8) is 0 Å². The third-order valence-corrected chi connectivity index (χ3v) is 3.69. The Morgan fingerprint density at radius 1 is 1.50 bits per heavy atom. The molecule has 1 fully saturated rings. The van der Waals surface area contributed by atoms with Crippen molar-refractivity contribution in [3.05, 3.63) is 35.1 Å². The summed E-state index contributed by atoms with van der Waals surface area (Å²) in [7, 11) is 0. The van der Waals surface area contributed by atoms with Crippen LogP contribution < -0.4 is 5.73 Å². The van der Waals surface area contributed by atoms with Crippen molar-refractivity contribution in [1.82, 2.24) is 4.90 Å². The van der Waals surface area contributed by atoms with Crippen molar-refractivity contribution < 1.29 is 9.60 Å². The Bertz CT molecular complexity index is 486. The van der Waals surface area contributed by atoms with Crippen molar-refractivity contribution in [2.45, 2.75) is 45.2 Å². The van der Waals surface area contributed by atoms with Crippen molar-refractivity contribution in [1.29, 1.82) is 0 Å². The molecule has 20 heavy (non-hydrogen) atoms. The first-order chi connectivity index (χ1) is 9.65. The lowest BCUT2D eigenvalue weighted by atomic mass is 10.1. The lowest BCUT2D eigenvalue weighted by Crippen LogP contribution is -2.27. The zero-order chi connectivity index (χ0) is 14.5. The second-order valence-electron chi connectivity index (χ2n) is 5.35. The standard InChI is InChI=1S/C15H22FN3O/c1-2-3-8-19(13-6-7-13)10-12-5-4-11(9-14(12)16)15(17)18-20/h4-5,9,13,20H,2-3,6-8,10H2,1H3,(H2,17,18). The van der Waals surface area contributed by atoms with Gasteiger partial charge in [-0.3, -0.25) is 4.90 Å². The number of hydrogen-bond donors (Lipinski definition) is 2. The van der Waals surface area contributed by atoms with Crippen LogP contribution in [0.1, 0.15) is 43.7 Å². The highest BCUT2D eigenvalue weighted by Crippen LogP contribution is 2.29. The molecule has 1 aromatic rings. The summed E-state index contributed by atoms with van der Waals surface area (Å²) in [5.41, 5.74) is 6.53. The highest BCUT2D eigenvalue weighted by Gasteiger charge is 2.28. The number of amidine groups is 1. The molecule has 0 aliphatic heterocycles. The largest absolute Gasteiger partial charge is 0.409 e. The Balaban J connectivity index is 2.07. The summed E-state index contributed by atoms with van der Waals surface area (Å²) in [4.78, 5) is 2.35. The average Bonchev–Trinajstić information content (AvgIpc) is 3.28. The number of unbranched alkanes of at least 4 members (excludes halogenated alkanes) is 1. The predicted molar refractivity (Wildman–Crippen MR) is 77.3 cm³/mol. The van der Waals surface area contributed by atoms with Crippen LogP contribution in [0.3, 0.4) is 0 Å². The van der Waals surface area contributed by atoms with E-state index in [2.05, 4.69) is 17.0 Å². The molecule has 0 aromatic heterocycles. The van der Waals surface area contributed by atoms with Gasteiger partial charge in [0.2, 0.25) is 0 Å². The van der Waals surface area contributed by atoms with Crippen LogP contribution in [0.2, 0.25) is 0 Å². The number of hydrogen-bond acceptors (Lipinski definition) is 3. The van der Waals surface area contributed by atoms with Crippen LogP contribution in [0.15, 0.2) is 23.4 Å². The lowest BCUT2D eigenvalue weighted by molar-refractivity contribution is 0.247. The molecule has 5 heteroatoms. The highest BCUT2D eigenvalue weighted by atomic mass is 19.1. The Labute approximate surface area is 119 Å². The Hall–Kier alpha value is -1.62. The molecule has 4 nitrogen and oxygen atoms in total. The molecule has 2 rings (SSSR count). The topological polar surface area (TPSA) is 61.8 Å². The van der Waals surface area contributed by atoms with Gasteiger partial charge in [-0.1, -0.05) is 30.6 Å². The average molecular weight is 279 g/mol. The number of oxime groups is 1. The van der Waals surface area contributed by atoms with Crippen LogP contribution in [0.25, 0.3) is 0 Å². The van der Waals surface area contributed by atoms with E-state index in [9.17, 15) is 4.39 Å². The summed E-state index contributed by atoms with van der Waals surface area (Å²) < 4.78 is 14.1. The van der Waals surface area contributed by atoms with E-state index in [1.165, 1.54) is 18.9 Å². The molecule has 1 aromatic carbocycles. The van der Waals surface area contributed by atoms with Crippen LogP contribution in [0, 0.1) is 5.82 Å². The van der Waals surface area contributed by atoms with E-state index in [1.807, 2.05) is 0 Å². The van der Waals surface area contributed by atoms with Gasteiger partial charge < -0.3 is 10.9 Å². The highest BCUT2D eigenvalue weighted by molar-refractivity contribution is 5.97. The first-order valence-electron chi connectivity index (χ1n) is 7.16. The first kappa shape index (κ1) is 14.8. The van der Waals surface area contributed by atoms with E-state index >= 15 is 0 Å². The zero-order valence-corrected chi connectivity index (χ0v) is 11.8. The molecule has 0 radical (unpaired) electrons. The quantitative estimate of drug-likeness (QED) is 0.349. The van der Waals surface area contributed by atoms with Crippen LogP contribution in [-0.4, -0.2) is 28.5 Å². The van der Waals surface area contributed by atoms with Gasteiger partial charge in [-0.05, 0) is 31.9 Å².